The van der Waals surface area contributed by atoms with Crippen LogP contribution < -0.4 is 15.9 Å². The molecule has 0 heterocycles. The maximum absolute atomic E-state index is 11.5. The third kappa shape index (κ3) is 5.46. The molecule has 7 aromatic rings. The minimum Gasteiger partial charge on any atom is -0.507 e. The molecule has 1 N–H and O–H groups in total. The molecule has 0 unspecified atom stereocenters. The molecule has 0 fully saturated rings. The summed E-state index contributed by atoms with van der Waals surface area (Å²) < 4.78 is 0. The molecular formula is C39H27N2O3P. The standard InChI is InChI=1S/C39H27N2O3P/c42-36-23-21-30(41(43)44)25-29(36)26-40-35-22-19-27-11-7-9-17-33(27)38(35)39-34-18-10-8-12-28(34)20-24-37(39)45(31-13-3-1-4-14-31)32-15-5-2-6-16-32/h1-26,42H. The van der Waals surface area contributed by atoms with Gasteiger partial charge < -0.3 is 5.11 Å². The lowest BCUT2D eigenvalue weighted by Gasteiger charge is -2.25. The van der Waals surface area contributed by atoms with Crippen LogP contribution in [0.25, 0.3) is 32.7 Å². The van der Waals surface area contributed by atoms with Gasteiger partial charge >= 0.3 is 0 Å². The van der Waals surface area contributed by atoms with Crippen molar-refractivity contribution in [2.24, 2.45) is 4.99 Å². The first kappa shape index (κ1) is 28.1. The smallest absolute Gasteiger partial charge is 0.270 e. The fourth-order valence-electron chi connectivity index (χ4n) is 5.82. The highest BCUT2D eigenvalue weighted by atomic mass is 31.1. The van der Waals surface area contributed by atoms with Crippen LogP contribution in [0.5, 0.6) is 5.75 Å². The molecule has 0 aliphatic carbocycles. The third-order valence-corrected chi connectivity index (χ3v) is 10.4. The van der Waals surface area contributed by atoms with Crippen molar-refractivity contribution in [2.45, 2.75) is 0 Å². The molecular weight excluding hydrogens is 575 g/mol. The summed E-state index contributed by atoms with van der Waals surface area (Å²) in [6.07, 6.45) is 1.51. The summed E-state index contributed by atoms with van der Waals surface area (Å²) in [5.74, 6) is -0.0748. The van der Waals surface area contributed by atoms with Crippen LogP contribution >= 0.6 is 7.92 Å². The monoisotopic (exact) mass is 602 g/mol. The van der Waals surface area contributed by atoms with Crippen molar-refractivity contribution in [3.63, 3.8) is 0 Å². The summed E-state index contributed by atoms with van der Waals surface area (Å²) >= 11 is 0. The van der Waals surface area contributed by atoms with Crippen molar-refractivity contribution in [3.8, 4) is 16.9 Å². The van der Waals surface area contributed by atoms with Crippen LogP contribution in [0.2, 0.25) is 0 Å². The Bertz CT molecular complexity index is 2180. The molecule has 0 spiro atoms. The summed E-state index contributed by atoms with van der Waals surface area (Å²) in [4.78, 5) is 15.9. The topological polar surface area (TPSA) is 75.7 Å². The molecule has 5 nitrogen and oxygen atoms in total. The molecule has 7 rings (SSSR count). The molecule has 0 saturated carbocycles. The first-order valence-corrected chi connectivity index (χ1v) is 15.9. The molecule has 0 saturated heterocycles. The lowest BCUT2D eigenvalue weighted by atomic mass is 9.92. The number of aliphatic imine (C=N–C) groups is 1. The van der Waals surface area contributed by atoms with Gasteiger partial charge in [0, 0.05) is 35.0 Å². The quantitative estimate of drug-likeness (QED) is 0.0858. The van der Waals surface area contributed by atoms with E-state index in [-0.39, 0.29) is 17.0 Å². The van der Waals surface area contributed by atoms with Gasteiger partial charge in [0.05, 0.1) is 10.6 Å². The number of phenols is 1. The van der Waals surface area contributed by atoms with Crippen LogP contribution in [-0.2, 0) is 0 Å². The Morgan fingerprint density at radius 1 is 0.622 bits per heavy atom. The second-order valence-corrected chi connectivity index (χ2v) is 12.8. The number of hydrogen-bond acceptors (Lipinski definition) is 4. The SMILES string of the molecule is O=[N+]([O-])c1ccc(O)c(C=Nc2ccc3ccccc3c2-c2c(P(c3ccccc3)c3ccccc3)ccc3ccccc23)c1. The molecule has 0 radical (unpaired) electrons. The predicted molar refractivity (Wildman–Crippen MR) is 188 cm³/mol. The van der Waals surface area contributed by atoms with Crippen LogP contribution in [0.4, 0.5) is 11.4 Å². The van der Waals surface area contributed by atoms with E-state index in [4.69, 9.17) is 4.99 Å². The maximum Gasteiger partial charge on any atom is 0.270 e. The maximum atomic E-state index is 11.5. The van der Waals surface area contributed by atoms with Gasteiger partial charge in [-0.3, -0.25) is 15.1 Å². The Morgan fingerprint density at radius 2 is 1.18 bits per heavy atom. The van der Waals surface area contributed by atoms with E-state index in [1.807, 2.05) is 36.4 Å². The van der Waals surface area contributed by atoms with Crippen LogP contribution in [0, 0.1) is 10.1 Å². The summed E-state index contributed by atoms with van der Waals surface area (Å²) in [5, 5.41) is 30.0. The molecule has 0 bridgehead atoms. The fraction of sp³-hybridized carbons (Fsp3) is 0. The van der Waals surface area contributed by atoms with Crippen LogP contribution in [0.3, 0.4) is 0 Å². The van der Waals surface area contributed by atoms with E-state index in [1.165, 1.54) is 40.3 Å². The Morgan fingerprint density at radius 3 is 1.80 bits per heavy atom. The van der Waals surface area contributed by atoms with E-state index < -0.39 is 12.8 Å². The number of phenolic OH excluding ortho intramolecular Hbond substituents is 1. The molecule has 216 valence electrons. The van der Waals surface area contributed by atoms with Crippen LogP contribution in [0.1, 0.15) is 5.56 Å². The summed E-state index contributed by atoms with van der Waals surface area (Å²) in [6, 6.07) is 50.4. The van der Waals surface area contributed by atoms with Crippen molar-refractivity contribution < 1.29 is 10.0 Å². The zero-order valence-corrected chi connectivity index (χ0v) is 25.0. The lowest BCUT2D eigenvalue weighted by Crippen LogP contribution is -2.22. The third-order valence-electron chi connectivity index (χ3n) is 7.90. The van der Waals surface area contributed by atoms with E-state index in [0.29, 0.717) is 5.69 Å². The van der Waals surface area contributed by atoms with E-state index >= 15 is 0 Å². The average molecular weight is 603 g/mol. The zero-order valence-electron chi connectivity index (χ0n) is 24.1. The number of non-ortho nitro benzene ring substituents is 1. The highest BCUT2D eigenvalue weighted by Gasteiger charge is 2.24. The summed E-state index contributed by atoms with van der Waals surface area (Å²) in [5.41, 5.74) is 2.94. The fourth-order valence-corrected chi connectivity index (χ4v) is 8.29. The number of nitrogens with zero attached hydrogens (tertiary/aromatic N) is 2. The molecule has 0 amide bonds. The van der Waals surface area contributed by atoms with Gasteiger partial charge in [0.1, 0.15) is 5.75 Å². The molecule has 0 aromatic heterocycles. The number of nitro groups is 1. The summed E-state index contributed by atoms with van der Waals surface area (Å²) in [7, 11) is -0.968. The van der Waals surface area contributed by atoms with Gasteiger partial charge in [-0.2, -0.15) is 0 Å². The van der Waals surface area contributed by atoms with Gasteiger partial charge in [-0.1, -0.05) is 127 Å². The molecule has 6 heteroatoms. The molecule has 0 aliphatic heterocycles. The van der Waals surface area contributed by atoms with Gasteiger partial charge in [0.25, 0.3) is 5.69 Å². The van der Waals surface area contributed by atoms with E-state index in [1.54, 1.807) is 0 Å². The molecule has 0 atom stereocenters. The van der Waals surface area contributed by atoms with Crippen molar-refractivity contribution >= 4 is 63.0 Å². The second-order valence-electron chi connectivity index (χ2n) is 10.6. The Kier molecular flexibility index (Phi) is 7.61. The van der Waals surface area contributed by atoms with Crippen LogP contribution in [-0.4, -0.2) is 16.2 Å². The minimum atomic E-state index is -0.968. The molecule has 0 aliphatic rings. The lowest BCUT2D eigenvalue weighted by molar-refractivity contribution is -0.384. The van der Waals surface area contributed by atoms with E-state index in [9.17, 15) is 15.2 Å². The largest absolute Gasteiger partial charge is 0.507 e. The Balaban J connectivity index is 1.55. The molecule has 45 heavy (non-hydrogen) atoms. The number of rotatable bonds is 7. The van der Waals surface area contributed by atoms with Gasteiger partial charge in [0.15, 0.2) is 0 Å². The van der Waals surface area contributed by atoms with Gasteiger partial charge in [-0.15, -0.1) is 0 Å². The number of fused-ring (bicyclic) bond motifs is 2. The van der Waals surface area contributed by atoms with Crippen molar-refractivity contribution in [1.82, 2.24) is 0 Å². The van der Waals surface area contributed by atoms with Crippen LogP contribution in [0.15, 0.2) is 157 Å². The van der Waals surface area contributed by atoms with Crippen molar-refractivity contribution in [1.29, 1.82) is 0 Å². The van der Waals surface area contributed by atoms with Crippen molar-refractivity contribution in [2.75, 3.05) is 0 Å². The first-order chi connectivity index (χ1) is 22.1. The van der Waals surface area contributed by atoms with Gasteiger partial charge in [-0.25, -0.2) is 0 Å². The number of nitro benzene ring substituents is 1. The van der Waals surface area contributed by atoms with Gasteiger partial charge in [0.2, 0.25) is 0 Å². The highest BCUT2D eigenvalue weighted by molar-refractivity contribution is 7.80. The highest BCUT2D eigenvalue weighted by Crippen LogP contribution is 2.45. The minimum absolute atomic E-state index is 0.0748. The summed E-state index contributed by atoms with van der Waals surface area (Å²) in [6.45, 7) is 0. The first-order valence-electron chi connectivity index (χ1n) is 14.5. The number of hydrogen-bond donors (Lipinski definition) is 1. The Hall–Kier alpha value is -5.64. The normalized spacial score (nSPS) is 11.5. The molecule has 7 aromatic carbocycles. The number of benzene rings is 7. The number of aromatic hydroxyl groups is 1. The predicted octanol–water partition coefficient (Wildman–Crippen LogP) is 8.78. The van der Waals surface area contributed by atoms with Gasteiger partial charge in [-0.05, 0) is 57.5 Å². The van der Waals surface area contributed by atoms with E-state index in [0.717, 1.165) is 32.7 Å². The zero-order chi connectivity index (χ0) is 30.8. The van der Waals surface area contributed by atoms with E-state index in [2.05, 4.69) is 97.1 Å². The van der Waals surface area contributed by atoms with Crippen molar-refractivity contribution in [3.05, 3.63) is 167 Å². The second kappa shape index (κ2) is 12.2. The average Bonchev–Trinajstić information content (AvgIpc) is 3.08. The Labute approximate surface area is 261 Å².